The number of hydrogen-bond donors (Lipinski definition) is 2. The normalized spacial score (nSPS) is 26.8. The van der Waals surface area contributed by atoms with Gasteiger partial charge in [-0.15, -0.1) is 11.8 Å². The van der Waals surface area contributed by atoms with Crippen LogP contribution in [0.2, 0.25) is 0 Å². The standard InChI is InChI=1S/C19H26N2O3S/c1-11-5-4-6-15(12(11)2)21-19(23)13(3)25-14-7-8-17-16(9-14)20-18(22)10-24-17/h7-9,11-13,15H,4-6,10H2,1-3H3,(H,20,22)(H,21,23)/t11-,12+,13-,15+/m0/s1. The molecule has 0 aromatic heterocycles. The van der Waals surface area contributed by atoms with Gasteiger partial charge in [0.2, 0.25) is 5.91 Å². The first-order valence-corrected chi connectivity index (χ1v) is 9.85. The van der Waals surface area contributed by atoms with Gasteiger partial charge in [0.15, 0.2) is 6.61 Å². The molecule has 1 fully saturated rings. The Bertz CT molecular complexity index is 664. The van der Waals surface area contributed by atoms with Gasteiger partial charge in [-0.05, 0) is 43.4 Å². The number of carbonyl (C=O) groups is 2. The zero-order valence-electron chi connectivity index (χ0n) is 15.0. The van der Waals surface area contributed by atoms with Crippen molar-refractivity contribution in [1.29, 1.82) is 0 Å². The molecule has 4 atom stereocenters. The van der Waals surface area contributed by atoms with E-state index in [-0.39, 0.29) is 29.7 Å². The van der Waals surface area contributed by atoms with Crippen molar-refractivity contribution in [2.45, 2.75) is 56.2 Å². The summed E-state index contributed by atoms with van der Waals surface area (Å²) in [4.78, 5) is 25.0. The monoisotopic (exact) mass is 362 g/mol. The number of ether oxygens (including phenoxy) is 1. The lowest BCUT2D eigenvalue weighted by Gasteiger charge is -2.35. The summed E-state index contributed by atoms with van der Waals surface area (Å²) in [6, 6.07) is 5.91. The lowest BCUT2D eigenvalue weighted by molar-refractivity contribution is -0.121. The van der Waals surface area contributed by atoms with Crippen LogP contribution in [0.5, 0.6) is 5.75 Å². The molecule has 0 radical (unpaired) electrons. The Labute approximate surface area is 153 Å². The molecule has 1 aromatic rings. The first kappa shape index (κ1) is 18.1. The van der Waals surface area contributed by atoms with E-state index in [4.69, 9.17) is 4.74 Å². The first-order chi connectivity index (χ1) is 11.9. The maximum absolute atomic E-state index is 12.6. The van der Waals surface area contributed by atoms with E-state index in [1.54, 1.807) is 0 Å². The molecule has 0 saturated heterocycles. The molecule has 1 aromatic carbocycles. The minimum absolute atomic E-state index is 0.0519. The zero-order valence-corrected chi connectivity index (χ0v) is 15.8. The van der Waals surface area contributed by atoms with Crippen molar-refractivity contribution >= 4 is 29.3 Å². The molecule has 0 spiro atoms. The van der Waals surface area contributed by atoms with E-state index >= 15 is 0 Å². The number of benzene rings is 1. The van der Waals surface area contributed by atoms with Crippen LogP contribution in [0.15, 0.2) is 23.1 Å². The summed E-state index contributed by atoms with van der Waals surface area (Å²) in [6.45, 7) is 6.48. The largest absolute Gasteiger partial charge is 0.482 e. The fourth-order valence-corrected chi connectivity index (χ4v) is 4.39. The van der Waals surface area contributed by atoms with Crippen LogP contribution in [0, 0.1) is 11.8 Å². The second-order valence-corrected chi connectivity index (χ2v) is 8.55. The van der Waals surface area contributed by atoms with E-state index in [9.17, 15) is 9.59 Å². The summed E-state index contributed by atoms with van der Waals surface area (Å²) < 4.78 is 5.36. The van der Waals surface area contributed by atoms with E-state index in [0.717, 1.165) is 11.3 Å². The predicted molar refractivity (Wildman–Crippen MR) is 100.0 cm³/mol. The molecular formula is C19H26N2O3S. The lowest BCUT2D eigenvalue weighted by Crippen LogP contribution is -2.46. The highest BCUT2D eigenvalue weighted by Gasteiger charge is 2.29. The van der Waals surface area contributed by atoms with Gasteiger partial charge in [-0.1, -0.05) is 26.7 Å². The smallest absolute Gasteiger partial charge is 0.262 e. The number of hydrogen-bond acceptors (Lipinski definition) is 4. The third-order valence-electron chi connectivity index (χ3n) is 5.30. The van der Waals surface area contributed by atoms with E-state index in [1.165, 1.54) is 24.6 Å². The highest BCUT2D eigenvalue weighted by atomic mass is 32.2. The van der Waals surface area contributed by atoms with Gasteiger partial charge in [-0.3, -0.25) is 9.59 Å². The van der Waals surface area contributed by atoms with Crippen LogP contribution in [0.1, 0.15) is 40.0 Å². The Hall–Kier alpha value is -1.69. The van der Waals surface area contributed by atoms with Crippen molar-refractivity contribution in [2.24, 2.45) is 11.8 Å². The third kappa shape index (κ3) is 4.29. The average Bonchev–Trinajstić information content (AvgIpc) is 2.58. The van der Waals surface area contributed by atoms with Crippen LogP contribution >= 0.6 is 11.8 Å². The highest BCUT2D eigenvalue weighted by molar-refractivity contribution is 8.00. The van der Waals surface area contributed by atoms with Crippen LogP contribution in [-0.2, 0) is 9.59 Å². The van der Waals surface area contributed by atoms with Crippen LogP contribution in [0.25, 0.3) is 0 Å². The molecule has 5 nitrogen and oxygen atoms in total. The molecule has 2 N–H and O–H groups in total. The first-order valence-electron chi connectivity index (χ1n) is 8.98. The molecule has 2 amide bonds. The fraction of sp³-hybridized carbons (Fsp3) is 0.579. The summed E-state index contributed by atoms with van der Waals surface area (Å²) in [5.41, 5.74) is 0.670. The van der Waals surface area contributed by atoms with E-state index in [1.807, 2.05) is 25.1 Å². The van der Waals surface area contributed by atoms with Crippen molar-refractivity contribution in [1.82, 2.24) is 5.32 Å². The van der Waals surface area contributed by atoms with Crippen LogP contribution < -0.4 is 15.4 Å². The number of anilines is 1. The average molecular weight is 362 g/mol. The predicted octanol–water partition coefficient (Wildman–Crippen LogP) is 3.44. The van der Waals surface area contributed by atoms with Gasteiger partial charge >= 0.3 is 0 Å². The highest BCUT2D eigenvalue weighted by Crippen LogP contribution is 2.34. The minimum Gasteiger partial charge on any atom is -0.482 e. The number of nitrogens with one attached hydrogen (secondary N) is 2. The molecule has 0 unspecified atom stereocenters. The van der Waals surface area contributed by atoms with Gasteiger partial charge in [-0.25, -0.2) is 0 Å². The molecule has 2 aliphatic rings. The zero-order chi connectivity index (χ0) is 18.0. The Morgan fingerprint density at radius 1 is 1.36 bits per heavy atom. The lowest BCUT2D eigenvalue weighted by atomic mass is 9.78. The van der Waals surface area contributed by atoms with Crippen LogP contribution in [0.3, 0.4) is 0 Å². The summed E-state index contributed by atoms with van der Waals surface area (Å²) in [7, 11) is 0. The fourth-order valence-electron chi connectivity index (χ4n) is 3.48. The summed E-state index contributed by atoms with van der Waals surface area (Å²) in [5.74, 6) is 1.78. The molecule has 136 valence electrons. The van der Waals surface area contributed by atoms with E-state index in [2.05, 4.69) is 24.5 Å². The van der Waals surface area contributed by atoms with Gasteiger partial charge in [0.1, 0.15) is 5.75 Å². The second kappa shape index (κ2) is 7.68. The number of thioether (sulfide) groups is 1. The number of fused-ring (bicyclic) bond motifs is 1. The van der Waals surface area contributed by atoms with Crippen LogP contribution in [0.4, 0.5) is 5.69 Å². The maximum Gasteiger partial charge on any atom is 0.262 e. The quantitative estimate of drug-likeness (QED) is 0.805. The van der Waals surface area contributed by atoms with Gasteiger partial charge < -0.3 is 15.4 Å². The second-order valence-electron chi connectivity index (χ2n) is 7.14. The third-order valence-corrected chi connectivity index (χ3v) is 6.39. The summed E-state index contributed by atoms with van der Waals surface area (Å²) in [5, 5.41) is 5.84. The van der Waals surface area contributed by atoms with Crippen molar-refractivity contribution in [3.05, 3.63) is 18.2 Å². The SMILES string of the molecule is C[C@@H]1[C@@H](C)CCC[C@H]1NC(=O)[C@H](C)Sc1ccc2c(c1)NC(=O)CO2. The number of carbonyl (C=O) groups excluding carboxylic acids is 2. The number of rotatable bonds is 4. The van der Waals surface area contributed by atoms with E-state index in [0.29, 0.717) is 23.3 Å². The molecule has 1 aliphatic carbocycles. The van der Waals surface area contributed by atoms with Crippen LogP contribution in [-0.4, -0.2) is 29.7 Å². The topological polar surface area (TPSA) is 67.4 Å². The Morgan fingerprint density at radius 2 is 2.16 bits per heavy atom. The molecule has 1 saturated carbocycles. The summed E-state index contributed by atoms with van der Waals surface area (Å²) >= 11 is 1.50. The van der Waals surface area contributed by atoms with Crippen molar-refractivity contribution in [3.8, 4) is 5.75 Å². The van der Waals surface area contributed by atoms with Gasteiger partial charge in [0, 0.05) is 10.9 Å². The van der Waals surface area contributed by atoms with Gasteiger partial charge in [0.05, 0.1) is 10.9 Å². The molecule has 0 bridgehead atoms. The van der Waals surface area contributed by atoms with Gasteiger partial charge in [-0.2, -0.15) is 0 Å². The van der Waals surface area contributed by atoms with Crippen molar-refractivity contribution < 1.29 is 14.3 Å². The number of amides is 2. The van der Waals surface area contributed by atoms with Crippen molar-refractivity contribution in [2.75, 3.05) is 11.9 Å². The van der Waals surface area contributed by atoms with Gasteiger partial charge in [0.25, 0.3) is 5.91 Å². The van der Waals surface area contributed by atoms with Crippen molar-refractivity contribution in [3.63, 3.8) is 0 Å². The summed E-state index contributed by atoms with van der Waals surface area (Å²) in [6.07, 6.45) is 3.50. The van der Waals surface area contributed by atoms with E-state index < -0.39 is 0 Å². The Kier molecular flexibility index (Phi) is 5.57. The Morgan fingerprint density at radius 3 is 2.96 bits per heavy atom. The molecule has 6 heteroatoms. The maximum atomic E-state index is 12.6. The molecule has 25 heavy (non-hydrogen) atoms. The molecule has 1 heterocycles. The Balaban J connectivity index is 1.60. The minimum atomic E-state index is -0.192. The molecule has 3 rings (SSSR count). The molecule has 1 aliphatic heterocycles. The molecular weight excluding hydrogens is 336 g/mol.